The Kier molecular flexibility index (Phi) is 7.77. The number of hydrogen-bond donors (Lipinski definition) is 2. The van der Waals surface area contributed by atoms with Gasteiger partial charge in [0.1, 0.15) is 12.1 Å². The largest absolute Gasteiger partial charge is 0.414 e. The number of ether oxygens (including phenoxy) is 1. The number of Topliss-reactive ketones (excluding diaryl/α,β-unsaturated/α-hetero) is 1. The smallest absolute Gasteiger partial charge is 0.399 e. The molecule has 1 saturated carbocycles. The highest BCUT2D eigenvalue weighted by Gasteiger charge is 2.55. The first kappa shape index (κ1) is 27.3. The molecule has 1 aromatic carbocycles. The van der Waals surface area contributed by atoms with Gasteiger partial charge < -0.3 is 25.6 Å². The van der Waals surface area contributed by atoms with E-state index in [2.05, 4.69) is 5.32 Å². The molecule has 0 spiro atoms. The number of nitrogens with one attached hydrogen (secondary N) is 1. The molecule has 0 bridgehead atoms. The monoisotopic (exact) mass is 552 g/mol. The number of carbonyl (C=O) groups excluding carboxylic acids is 4. The molecule has 10 heteroatoms. The van der Waals surface area contributed by atoms with E-state index in [0.29, 0.717) is 37.3 Å². The van der Waals surface area contributed by atoms with E-state index in [1.807, 2.05) is 50.2 Å². The summed E-state index contributed by atoms with van der Waals surface area (Å²) in [7, 11) is 0. The lowest BCUT2D eigenvalue weighted by Crippen LogP contribution is -2.56. The lowest BCUT2D eigenvalue weighted by molar-refractivity contribution is -0.138. The molecule has 3 unspecified atom stereocenters. The van der Waals surface area contributed by atoms with E-state index in [0.717, 1.165) is 23.3 Å². The minimum atomic E-state index is -0.916. The zero-order valence-corrected chi connectivity index (χ0v) is 23.2. The van der Waals surface area contributed by atoms with Crippen LogP contribution in [0, 0.1) is 5.92 Å². The van der Waals surface area contributed by atoms with Crippen molar-refractivity contribution in [1.29, 1.82) is 0 Å². The van der Waals surface area contributed by atoms with Gasteiger partial charge >= 0.3 is 6.09 Å². The lowest BCUT2D eigenvalue weighted by Gasteiger charge is -2.32. The molecule has 3 atom stereocenters. The molecular formula is C29H36N4O5S. The summed E-state index contributed by atoms with van der Waals surface area (Å²) in [6.07, 6.45) is 3.24. The average Bonchev–Trinajstić information content (AvgIpc) is 3.70. The van der Waals surface area contributed by atoms with Gasteiger partial charge in [0.2, 0.25) is 11.8 Å². The van der Waals surface area contributed by atoms with Crippen LogP contribution in [0.3, 0.4) is 0 Å². The van der Waals surface area contributed by atoms with Crippen molar-refractivity contribution in [2.45, 2.75) is 76.0 Å². The Balaban J connectivity index is 1.26. The second-order valence-electron chi connectivity index (χ2n) is 11.3. The van der Waals surface area contributed by atoms with Crippen LogP contribution in [0.2, 0.25) is 0 Å². The lowest BCUT2D eigenvalue weighted by atomic mass is 9.96. The molecule has 3 amide bonds. The Bertz CT molecular complexity index is 1240. The molecule has 0 radical (unpaired) electrons. The van der Waals surface area contributed by atoms with Crippen LogP contribution in [-0.4, -0.2) is 70.2 Å². The highest BCUT2D eigenvalue weighted by atomic mass is 32.1. The van der Waals surface area contributed by atoms with Gasteiger partial charge in [-0.1, -0.05) is 68.4 Å². The van der Waals surface area contributed by atoms with E-state index in [1.165, 1.54) is 11.3 Å². The third kappa shape index (κ3) is 5.58. The molecule has 3 fully saturated rings. The van der Waals surface area contributed by atoms with Gasteiger partial charge in [-0.2, -0.15) is 0 Å². The summed E-state index contributed by atoms with van der Waals surface area (Å²) in [5.41, 5.74) is 6.53. The summed E-state index contributed by atoms with van der Waals surface area (Å²) >= 11 is 1.34. The summed E-state index contributed by atoms with van der Waals surface area (Å²) < 4.78 is 5.53. The summed E-state index contributed by atoms with van der Waals surface area (Å²) in [5, 5.41) is 3.17. The van der Waals surface area contributed by atoms with Crippen LogP contribution in [-0.2, 0) is 14.4 Å². The number of ketones is 1. The molecule has 9 nitrogen and oxygen atoms in total. The van der Waals surface area contributed by atoms with Crippen molar-refractivity contribution >= 4 is 35.0 Å². The first-order valence-corrected chi connectivity index (χ1v) is 14.5. The van der Waals surface area contributed by atoms with E-state index < -0.39 is 23.7 Å². The summed E-state index contributed by atoms with van der Waals surface area (Å²) in [6, 6.07) is 11.5. The standard InChI is InChI=1S/C29H36N4O5S/c1-18(2)16-20(31-28(37)38-24-11-10-23(39-24)19-8-4-3-5-9-19)26(35)32-15-12-21-25(32)22(34)17-33(21)27(36)29(30)13-6-7-14-29/h3-5,8-11,18,20-21,25H,6-7,12-17,30H2,1-2H3,(H,31,37). The van der Waals surface area contributed by atoms with Crippen molar-refractivity contribution < 1.29 is 23.9 Å². The molecule has 3 heterocycles. The van der Waals surface area contributed by atoms with Crippen molar-refractivity contribution in [2.75, 3.05) is 13.1 Å². The predicted molar refractivity (Wildman–Crippen MR) is 148 cm³/mol. The van der Waals surface area contributed by atoms with Crippen LogP contribution < -0.4 is 15.8 Å². The topological polar surface area (TPSA) is 122 Å². The molecule has 1 aliphatic carbocycles. The number of nitrogens with two attached hydrogens (primary N) is 1. The first-order chi connectivity index (χ1) is 18.7. The number of carbonyl (C=O) groups is 4. The maximum absolute atomic E-state index is 13.7. The third-order valence-corrected chi connectivity index (χ3v) is 9.03. The van der Waals surface area contributed by atoms with Crippen molar-refractivity contribution in [3.63, 3.8) is 0 Å². The van der Waals surface area contributed by atoms with Crippen LogP contribution in [0.25, 0.3) is 10.4 Å². The van der Waals surface area contributed by atoms with E-state index in [1.54, 1.807) is 15.9 Å². The van der Waals surface area contributed by atoms with E-state index in [9.17, 15) is 19.2 Å². The van der Waals surface area contributed by atoms with Gasteiger partial charge in [-0.25, -0.2) is 4.79 Å². The number of nitrogens with zero attached hydrogens (tertiary/aromatic N) is 2. The number of fused-ring (bicyclic) bond motifs is 1. The van der Waals surface area contributed by atoms with Crippen molar-refractivity contribution in [3.8, 4) is 15.5 Å². The summed E-state index contributed by atoms with van der Waals surface area (Å²) in [6.45, 7) is 4.26. The van der Waals surface area contributed by atoms with Crippen LogP contribution in [0.15, 0.2) is 42.5 Å². The molecule has 2 saturated heterocycles. The average molecular weight is 553 g/mol. The highest BCUT2D eigenvalue weighted by molar-refractivity contribution is 7.17. The number of rotatable bonds is 7. The Hall–Kier alpha value is -3.24. The highest BCUT2D eigenvalue weighted by Crippen LogP contribution is 2.36. The summed E-state index contributed by atoms with van der Waals surface area (Å²) in [4.78, 5) is 57.1. The van der Waals surface area contributed by atoms with E-state index in [4.69, 9.17) is 10.5 Å². The van der Waals surface area contributed by atoms with Crippen LogP contribution in [0.4, 0.5) is 4.79 Å². The van der Waals surface area contributed by atoms with Crippen molar-refractivity contribution in [1.82, 2.24) is 15.1 Å². The molecule has 208 valence electrons. The molecule has 3 aliphatic rings. The molecule has 3 N–H and O–H groups in total. The Morgan fingerprint density at radius 3 is 2.51 bits per heavy atom. The third-order valence-electron chi connectivity index (χ3n) is 8.02. The Morgan fingerprint density at radius 2 is 1.82 bits per heavy atom. The minimum absolute atomic E-state index is 0.0245. The minimum Gasteiger partial charge on any atom is -0.399 e. The second-order valence-corrected chi connectivity index (χ2v) is 12.3. The maximum Gasteiger partial charge on any atom is 0.414 e. The van der Waals surface area contributed by atoms with Gasteiger partial charge in [0.15, 0.2) is 10.8 Å². The van der Waals surface area contributed by atoms with Gasteiger partial charge in [-0.15, -0.1) is 0 Å². The Morgan fingerprint density at radius 1 is 1.10 bits per heavy atom. The number of thiophene rings is 1. The van der Waals surface area contributed by atoms with Gasteiger partial charge in [-0.3, -0.25) is 14.4 Å². The molecular weight excluding hydrogens is 516 g/mol. The molecule has 39 heavy (non-hydrogen) atoms. The van der Waals surface area contributed by atoms with E-state index >= 15 is 0 Å². The zero-order valence-electron chi connectivity index (χ0n) is 22.4. The number of hydrogen-bond acceptors (Lipinski definition) is 7. The van der Waals surface area contributed by atoms with Gasteiger partial charge in [-0.05, 0) is 49.3 Å². The van der Waals surface area contributed by atoms with Crippen LogP contribution >= 0.6 is 11.3 Å². The molecule has 1 aromatic heterocycles. The predicted octanol–water partition coefficient (Wildman–Crippen LogP) is 3.57. The molecule has 2 aliphatic heterocycles. The first-order valence-electron chi connectivity index (χ1n) is 13.7. The fourth-order valence-corrected chi connectivity index (χ4v) is 6.99. The van der Waals surface area contributed by atoms with Crippen LogP contribution in [0.1, 0.15) is 52.4 Å². The SMILES string of the molecule is CC(C)CC(NC(=O)Oc1ccc(-c2ccccc2)s1)C(=O)N1CCC2C1C(=O)CN2C(=O)C1(N)CCCC1. The number of amides is 3. The Labute approximate surface area is 232 Å². The van der Waals surface area contributed by atoms with Gasteiger partial charge in [0, 0.05) is 11.4 Å². The summed E-state index contributed by atoms with van der Waals surface area (Å²) in [5.74, 6) is -0.545. The van der Waals surface area contributed by atoms with Crippen molar-refractivity contribution in [2.24, 2.45) is 11.7 Å². The zero-order chi connectivity index (χ0) is 27.7. The van der Waals surface area contributed by atoms with Crippen LogP contribution in [0.5, 0.6) is 5.06 Å². The fourth-order valence-electron chi connectivity index (χ4n) is 6.13. The van der Waals surface area contributed by atoms with Crippen molar-refractivity contribution in [3.05, 3.63) is 42.5 Å². The quantitative estimate of drug-likeness (QED) is 0.542. The molecule has 5 rings (SSSR count). The number of benzene rings is 1. The van der Waals surface area contributed by atoms with Gasteiger partial charge in [0.05, 0.1) is 18.1 Å². The fraction of sp³-hybridized carbons (Fsp3) is 0.517. The normalized spacial score (nSPS) is 22.7. The second kappa shape index (κ2) is 11.1. The maximum atomic E-state index is 13.7. The number of likely N-dealkylation sites (tertiary alicyclic amines) is 2. The van der Waals surface area contributed by atoms with E-state index in [-0.39, 0.29) is 36.1 Å². The van der Waals surface area contributed by atoms with Gasteiger partial charge in [0.25, 0.3) is 0 Å². The molecule has 2 aromatic rings.